The zero-order chi connectivity index (χ0) is 16.9. The van der Waals surface area contributed by atoms with Gasteiger partial charge in [-0.25, -0.2) is 0 Å². The Morgan fingerprint density at radius 3 is 2.79 bits per heavy atom. The van der Waals surface area contributed by atoms with Gasteiger partial charge in [-0.1, -0.05) is 0 Å². The van der Waals surface area contributed by atoms with E-state index in [1.54, 1.807) is 0 Å². The number of nitrogens with one attached hydrogen (secondary N) is 1. The van der Waals surface area contributed by atoms with Gasteiger partial charge < -0.3 is 19.3 Å². The molecule has 2 aliphatic rings. The standard InChI is InChI=1S/C17H29N3O4/c1-12-17(13(2)19-18-12)16-11-23-8-5-20(16)9-14(21)10-24-15-3-6-22-7-4-15/h14-16,21H,3-11H2,1-2H3,(H,18,19). The van der Waals surface area contributed by atoms with Crippen molar-refractivity contribution in [3.8, 4) is 0 Å². The van der Waals surface area contributed by atoms with Crippen molar-refractivity contribution in [1.82, 2.24) is 15.1 Å². The third-order valence-electron chi connectivity index (χ3n) is 4.90. The quantitative estimate of drug-likeness (QED) is 0.803. The highest BCUT2D eigenvalue weighted by atomic mass is 16.5. The van der Waals surface area contributed by atoms with Crippen molar-refractivity contribution < 1.29 is 19.3 Å². The van der Waals surface area contributed by atoms with Crippen molar-refractivity contribution in [2.24, 2.45) is 0 Å². The number of aromatic nitrogens is 2. The molecule has 7 heteroatoms. The molecule has 0 amide bonds. The minimum absolute atomic E-state index is 0.134. The van der Waals surface area contributed by atoms with Crippen molar-refractivity contribution in [3.05, 3.63) is 17.0 Å². The summed E-state index contributed by atoms with van der Waals surface area (Å²) in [4.78, 5) is 2.28. The van der Waals surface area contributed by atoms with Crippen LogP contribution in [0.3, 0.4) is 0 Å². The third-order valence-corrected chi connectivity index (χ3v) is 4.90. The maximum Gasteiger partial charge on any atom is 0.0900 e. The van der Waals surface area contributed by atoms with Crippen LogP contribution < -0.4 is 0 Å². The minimum atomic E-state index is -0.499. The molecule has 0 aliphatic carbocycles. The summed E-state index contributed by atoms with van der Waals surface area (Å²) in [5.74, 6) is 0. The largest absolute Gasteiger partial charge is 0.389 e. The molecule has 0 aromatic carbocycles. The Kier molecular flexibility index (Phi) is 6.24. The summed E-state index contributed by atoms with van der Waals surface area (Å²) in [5, 5.41) is 17.8. The zero-order valence-corrected chi connectivity index (χ0v) is 14.7. The summed E-state index contributed by atoms with van der Waals surface area (Å²) in [5.41, 5.74) is 3.26. The second-order valence-electron chi connectivity index (χ2n) is 6.73. The normalized spacial score (nSPS) is 25.0. The van der Waals surface area contributed by atoms with Crippen LogP contribution in [0.15, 0.2) is 0 Å². The molecule has 3 rings (SSSR count). The van der Waals surface area contributed by atoms with Crippen molar-refractivity contribution in [1.29, 1.82) is 0 Å². The molecule has 0 spiro atoms. The van der Waals surface area contributed by atoms with Crippen LogP contribution >= 0.6 is 0 Å². The summed E-state index contributed by atoms with van der Waals surface area (Å²) in [6, 6.07) is 0.134. The Balaban J connectivity index is 1.55. The van der Waals surface area contributed by atoms with E-state index in [-0.39, 0.29) is 12.1 Å². The van der Waals surface area contributed by atoms with E-state index in [0.717, 1.165) is 44.0 Å². The molecule has 2 unspecified atom stereocenters. The van der Waals surface area contributed by atoms with Crippen LogP contribution in [0.25, 0.3) is 0 Å². The molecule has 2 atom stereocenters. The molecule has 2 saturated heterocycles. The van der Waals surface area contributed by atoms with Crippen LogP contribution in [0.2, 0.25) is 0 Å². The van der Waals surface area contributed by atoms with Gasteiger partial charge in [0, 0.05) is 37.6 Å². The Morgan fingerprint density at radius 2 is 2.08 bits per heavy atom. The molecule has 7 nitrogen and oxygen atoms in total. The highest BCUT2D eigenvalue weighted by Gasteiger charge is 2.30. The summed E-state index contributed by atoms with van der Waals surface area (Å²) >= 11 is 0. The van der Waals surface area contributed by atoms with E-state index < -0.39 is 6.10 Å². The smallest absolute Gasteiger partial charge is 0.0900 e. The second kappa shape index (κ2) is 8.40. The number of β-amino-alcohol motifs (C(OH)–C–C–N with tert-alkyl or cyclic N) is 1. The van der Waals surface area contributed by atoms with E-state index in [1.165, 1.54) is 5.56 Å². The fourth-order valence-electron chi connectivity index (χ4n) is 3.59. The maximum atomic E-state index is 10.4. The molecule has 1 aromatic rings. The SMILES string of the molecule is Cc1n[nH]c(C)c1C1COCCN1CC(O)COC1CCOCC1. The van der Waals surface area contributed by atoms with Gasteiger partial charge in [0.15, 0.2) is 0 Å². The summed E-state index contributed by atoms with van der Waals surface area (Å²) < 4.78 is 16.9. The Bertz CT molecular complexity index is 496. The molecular formula is C17H29N3O4. The lowest BCUT2D eigenvalue weighted by Crippen LogP contribution is -2.45. The molecule has 3 heterocycles. The first kappa shape index (κ1) is 17.8. The number of aryl methyl sites for hydroxylation is 2. The summed E-state index contributed by atoms with van der Waals surface area (Å²) in [7, 11) is 0. The average Bonchev–Trinajstić information content (AvgIpc) is 2.93. The van der Waals surface area contributed by atoms with Gasteiger partial charge in [-0.3, -0.25) is 10.00 Å². The van der Waals surface area contributed by atoms with Gasteiger partial charge >= 0.3 is 0 Å². The molecule has 0 saturated carbocycles. The first-order valence-electron chi connectivity index (χ1n) is 8.86. The van der Waals surface area contributed by atoms with Gasteiger partial charge in [0.2, 0.25) is 0 Å². The second-order valence-corrected chi connectivity index (χ2v) is 6.73. The lowest BCUT2D eigenvalue weighted by Gasteiger charge is -2.37. The number of aromatic amines is 1. The molecule has 0 bridgehead atoms. The number of aliphatic hydroxyl groups is 1. The fourth-order valence-corrected chi connectivity index (χ4v) is 3.59. The summed E-state index contributed by atoms with van der Waals surface area (Å²) in [6.07, 6.45) is 1.55. The molecule has 0 radical (unpaired) electrons. The van der Waals surface area contributed by atoms with Crippen molar-refractivity contribution >= 4 is 0 Å². The third kappa shape index (κ3) is 4.34. The van der Waals surface area contributed by atoms with Gasteiger partial charge in [0.25, 0.3) is 0 Å². The number of nitrogens with zero attached hydrogens (tertiary/aromatic N) is 2. The van der Waals surface area contributed by atoms with Crippen molar-refractivity contribution in [3.63, 3.8) is 0 Å². The van der Waals surface area contributed by atoms with E-state index in [2.05, 4.69) is 15.1 Å². The molecule has 24 heavy (non-hydrogen) atoms. The highest BCUT2D eigenvalue weighted by molar-refractivity contribution is 5.27. The maximum absolute atomic E-state index is 10.4. The molecule has 1 aromatic heterocycles. The lowest BCUT2D eigenvalue weighted by atomic mass is 10.0. The van der Waals surface area contributed by atoms with Crippen molar-refractivity contribution in [2.75, 3.05) is 46.1 Å². The van der Waals surface area contributed by atoms with E-state index in [4.69, 9.17) is 14.2 Å². The monoisotopic (exact) mass is 339 g/mol. The van der Waals surface area contributed by atoms with Crippen molar-refractivity contribution in [2.45, 2.75) is 44.9 Å². The van der Waals surface area contributed by atoms with Crippen LogP contribution in [-0.2, 0) is 14.2 Å². The van der Waals surface area contributed by atoms with Crippen LogP contribution in [0.1, 0.15) is 35.8 Å². The van der Waals surface area contributed by atoms with Crippen LogP contribution in [-0.4, -0.2) is 78.5 Å². The average molecular weight is 339 g/mol. The van der Waals surface area contributed by atoms with E-state index >= 15 is 0 Å². The number of hydrogen-bond acceptors (Lipinski definition) is 6. The minimum Gasteiger partial charge on any atom is -0.389 e. The predicted octanol–water partition coefficient (Wildman–Crippen LogP) is 0.956. The number of H-pyrrole nitrogens is 1. The van der Waals surface area contributed by atoms with E-state index in [0.29, 0.717) is 26.4 Å². The van der Waals surface area contributed by atoms with E-state index in [9.17, 15) is 5.11 Å². The number of morpholine rings is 1. The van der Waals surface area contributed by atoms with Gasteiger partial charge in [-0.05, 0) is 26.7 Å². The first-order chi connectivity index (χ1) is 11.6. The Hall–Kier alpha value is -0.990. The molecular weight excluding hydrogens is 310 g/mol. The predicted molar refractivity (Wildman–Crippen MR) is 89.0 cm³/mol. The fraction of sp³-hybridized carbons (Fsp3) is 0.824. The van der Waals surface area contributed by atoms with Crippen LogP contribution in [0.4, 0.5) is 0 Å². The number of hydrogen-bond donors (Lipinski definition) is 2. The molecule has 2 fully saturated rings. The molecule has 136 valence electrons. The number of aliphatic hydroxyl groups excluding tert-OH is 1. The Morgan fingerprint density at radius 1 is 1.29 bits per heavy atom. The molecule has 2 N–H and O–H groups in total. The number of ether oxygens (including phenoxy) is 3. The van der Waals surface area contributed by atoms with Gasteiger partial charge in [-0.15, -0.1) is 0 Å². The number of rotatable bonds is 6. The Labute approximate surface area is 143 Å². The summed E-state index contributed by atoms with van der Waals surface area (Å²) in [6.45, 7) is 8.65. The van der Waals surface area contributed by atoms with Gasteiger partial charge in [-0.2, -0.15) is 5.10 Å². The first-order valence-corrected chi connectivity index (χ1v) is 8.86. The van der Waals surface area contributed by atoms with Crippen LogP contribution in [0.5, 0.6) is 0 Å². The molecule has 2 aliphatic heterocycles. The zero-order valence-electron chi connectivity index (χ0n) is 14.7. The van der Waals surface area contributed by atoms with E-state index in [1.807, 2.05) is 13.8 Å². The topological polar surface area (TPSA) is 79.8 Å². The van der Waals surface area contributed by atoms with Crippen LogP contribution in [0, 0.1) is 13.8 Å². The lowest BCUT2D eigenvalue weighted by molar-refractivity contribution is -0.0773. The van der Waals surface area contributed by atoms with Gasteiger partial charge in [0.1, 0.15) is 0 Å². The highest BCUT2D eigenvalue weighted by Crippen LogP contribution is 2.28. The van der Waals surface area contributed by atoms with Gasteiger partial charge in [0.05, 0.1) is 43.8 Å².